The molecule has 1 amide bonds. The lowest BCUT2D eigenvalue weighted by Gasteiger charge is -2.07. The first kappa shape index (κ1) is 11.9. The molecule has 0 aromatic heterocycles. The van der Waals surface area contributed by atoms with E-state index in [-0.39, 0.29) is 18.0 Å². The molecule has 0 spiro atoms. The molecular formula is C9H11N3O4. The van der Waals surface area contributed by atoms with Gasteiger partial charge in [0.15, 0.2) is 0 Å². The van der Waals surface area contributed by atoms with Crippen LogP contribution in [0.25, 0.3) is 0 Å². The van der Waals surface area contributed by atoms with Crippen molar-refractivity contribution in [2.45, 2.75) is 0 Å². The highest BCUT2D eigenvalue weighted by Crippen LogP contribution is 2.21. The summed E-state index contributed by atoms with van der Waals surface area (Å²) < 4.78 is 4.58. The van der Waals surface area contributed by atoms with Gasteiger partial charge >= 0.3 is 0 Å². The molecule has 86 valence electrons. The zero-order chi connectivity index (χ0) is 12.0. The number of hydrogen-bond acceptors (Lipinski definition) is 5. The van der Waals surface area contributed by atoms with Crippen LogP contribution in [0, 0.1) is 10.1 Å². The van der Waals surface area contributed by atoms with E-state index in [9.17, 15) is 14.9 Å². The lowest BCUT2D eigenvalue weighted by Crippen LogP contribution is -2.32. The molecule has 1 aromatic carbocycles. The van der Waals surface area contributed by atoms with Gasteiger partial charge in [0.2, 0.25) is 0 Å². The van der Waals surface area contributed by atoms with Gasteiger partial charge in [0, 0.05) is 13.2 Å². The molecule has 1 rings (SSSR count). The van der Waals surface area contributed by atoms with Crippen LogP contribution in [-0.2, 0) is 9.53 Å². The molecule has 7 nitrogen and oxygen atoms in total. The number of carbonyl (C=O) groups excluding carboxylic acids is 1. The summed E-state index contributed by atoms with van der Waals surface area (Å²) in [5, 5.41) is 10.6. The number of anilines is 1. The number of nitrogens with zero attached hydrogens (tertiary/aromatic N) is 1. The fourth-order valence-electron chi connectivity index (χ4n) is 1.04. The number of hydrazine groups is 1. The highest BCUT2D eigenvalue weighted by Gasteiger charge is 2.12. The fourth-order valence-corrected chi connectivity index (χ4v) is 1.04. The van der Waals surface area contributed by atoms with Crippen LogP contribution in [0.4, 0.5) is 11.4 Å². The Kier molecular flexibility index (Phi) is 4.22. The van der Waals surface area contributed by atoms with E-state index in [4.69, 9.17) is 0 Å². The van der Waals surface area contributed by atoms with E-state index >= 15 is 0 Å². The molecule has 0 atom stereocenters. The number of carbonyl (C=O) groups is 1. The SMILES string of the molecule is COCC(=O)NNc1ccccc1[N+](=O)[O-]. The first-order valence-electron chi connectivity index (χ1n) is 4.42. The van der Waals surface area contributed by atoms with Crippen LogP contribution in [0.3, 0.4) is 0 Å². The Morgan fingerprint density at radius 1 is 1.50 bits per heavy atom. The molecule has 0 saturated carbocycles. The van der Waals surface area contributed by atoms with Gasteiger partial charge in [-0.15, -0.1) is 0 Å². The largest absolute Gasteiger partial charge is 0.375 e. The van der Waals surface area contributed by atoms with Gasteiger partial charge in [0.05, 0.1) is 4.92 Å². The second-order valence-corrected chi connectivity index (χ2v) is 2.88. The lowest BCUT2D eigenvalue weighted by molar-refractivity contribution is -0.384. The number of nitro benzene ring substituents is 1. The van der Waals surface area contributed by atoms with Crippen LogP contribution < -0.4 is 10.9 Å². The van der Waals surface area contributed by atoms with E-state index < -0.39 is 10.8 Å². The number of ether oxygens (including phenoxy) is 1. The van der Waals surface area contributed by atoms with E-state index in [1.54, 1.807) is 12.1 Å². The van der Waals surface area contributed by atoms with Gasteiger partial charge < -0.3 is 4.74 Å². The fraction of sp³-hybridized carbons (Fsp3) is 0.222. The molecule has 2 N–H and O–H groups in total. The summed E-state index contributed by atoms with van der Waals surface area (Å²) >= 11 is 0. The van der Waals surface area contributed by atoms with Gasteiger partial charge in [-0.05, 0) is 6.07 Å². The number of para-hydroxylation sites is 2. The van der Waals surface area contributed by atoms with Gasteiger partial charge in [-0.3, -0.25) is 25.8 Å². The van der Waals surface area contributed by atoms with Crippen LogP contribution in [0.5, 0.6) is 0 Å². The predicted octanol–water partition coefficient (Wildman–Crippen LogP) is 0.684. The molecule has 0 fully saturated rings. The summed E-state index contributed by atoms with van der Waals surface area (Å²) in [6, 6.07) is 5.99. The highest BCUT2D eigenvalue weighted by atomic mass is 16.6. The molecule has 0 bridgehead atoms. The Hall–Kier alpha value is -2.15. The number of rotatable bonds is 5. The van der Waals surface area contributed by atoms with Crippen molar-refractivity contribution < 1.29 is 14.5 Å². The van der Waals surface area contributed by atoms with E-state index in [2.05, 4.69) is 15.6 Å². The van der Waals surface area contributed by atoms with Crippen LogP contribution in [0.15, 0.2) is 24.3 Å². The third kappa shape index (κ3) is 3.21. The first-order valence-corrected chi connectivity index (χ1v) is 4.42. The Balaban J connectivity index is 2.66. The standard InChI is InChI=1S/C9H11N3O4/c1-16-6-9(13)11-10-7-4-2-3-5-8(7)12(14)15/h2-5,10H,6H2,1H3,(H,11,13). The zero-order valence-electron chi connectivity index (χ0n) is 8.60. The number of hydrogen-bond donors (Lipinski definition) is 2. The van der Waals surface area contributed by atoms with Crippen molar-refractivity contribution in [3.63, 3.8) is 0 Å². The van der Waals surface area contributed by atoms with Crippen LogP contribution in [0.2, 0.25) is 0 Å². The van der Waals surface area contributed by atoms with Crippen LogP contribution >= 0.6 is 0 Å². The van der Waals surface area contributed by atoms with Crippen molar-refractivity contribution in [2.24, 2.45) is 0 Å². The van der Waals surface area contributed by atoms with Gasteiger partial charge in [-0.1, -0.05) is 12.1 Å². The van der Waals surface area contributed by atoms with Gasteiger partial charge in [0.25, 0.3) is 11.6 Å². The van der Waals surface area contributed by atoms with Gasteiger partial charge in [0.1, 0.15) is 12.3 Å². The van der Waals surface area contributed by atoms with E-state index in [0.717, 1.165) is 0 Å². The molecule has 0 aliphatic carbocycles. The minimum Gasteiger partial charge on any atom is -0.375 e. The van der Waals surface area contributed by atoms with E-state index in [1.165, 1.54) is 19.2 Å². The summed E-state index contributed by atoms with van der Waals surface area (Å²) in [6.45, 7) is -0.117. The third-order valence-electron chi connectivity index (χ3n) is 1.71. The average molecular weight is 225 g/mol. The van der Waals surface area contributed by atoms with Crippen LogP contribution in [0.1, 0.15) is 0 Å². The van der Waals surface area contributed by atoms with Crippen molar-refractivity contribution in [3.8, 4) is 0 Å². The number of nitro groups is 1. The summed E-state index contributed by atoms with van der Waals surface area (Å²) in [4.78, 5) is 21.1. The maximum Gasteiger partial charge on any atom is 0.294 e. The maximum atomic E-state index is 11.0. The lowest BCUT2D eigenvalue weighted by atomic mass is 10.3. The number of amides is 1. The molecule has 0 aliphatic rings. The predicted molar refractivity (Wildman–Crippen MR) is 56.7 cm³/mol. The summed E-state index contributed by atoms with van der Waals surface area (Å²) in [5.74, 6) is -0.416. The maximum absolute atomic E-state index is 11.0. The Labute approximate surface area is 91.5 Å². The monoisotopic (exact) mass is 225 g/mol. The highest BCUT2D eigenvalue weighted by molar-refractivity contribution is 5.79. The summed E-state index contributed by atoms with van der Waals surface area (Å²) in [6.07, 6.45) is 0. The number of benzene rings is 1. The quantitative estimate of drug-likeness (QED) is 0.567. The molecule has 0 unspecified atom stereocenters. The summed E-state index contributed by atoms with van der Waals surface area (Å²) in [5.41, 5.74) is 4.84. The van der Waals surface area contributed by atoms with Crippen LogP contribution in [-0.4, -0.2) is 24.5 Å². The first-order chi connectivity index (χ1) is 7.65. The van der Waals surface area contributed by atoms with Crippen molar-refractivity contribution in [2.75, 3.05) is 19.1 Å². The van der Waals surface area contributed by atoms with Gasteiger partial charge in [-0.2, -0.15) is 0 Å². The zero-order valence-corrected chi connectivity index (χ0v) is 8.60. The molecule has 16 heavy (non-hydrogen) atoms. The second kappa shape index (κ2) is 5.66. The normalized spacial score (nSPS) is 9.56. The molecule has 0 radical (unpaired) electrons. The molecule has 7 heteroatoms. The van der Waals surface area contributed by atoms with Crippen molar-refractivity contribution in [1.29, 1.82) is 0 Å². The third-order valence-corrected chi connectivity index (χ3v) is 1.71. The Morgan fingerprint density at radius 3 is 2.81 bits per heavy atom. The van der Waals surface area contributed by atoms with Crippen molar-refractivity contribution >= 4 is 17.3 Å². The Bertz CT molecular complexity index is 394. The molecule has 1 aromatic rings. The smallest absolute Gasteiger partial charge is 0.294 e. The van der Waals surface area contributed by atoms with Crippen molar-refractivity contribution in [1.82, 2.24) is 5.43 Å². The molecule has 0 saturated heterocycles. The molecular weight excluding hydrogens is 214 g/mol. The van der Waals surface area contributed by atoms with Gasteiger partial charge in [-0.25, -0.2) is 0 Å². The summed E-state index contributed by atoms with van der Waals surface area (Å²) in [7, 11) is 1.38. The molecule has 0 heterocycles. The average Bonchev–Trinajstić information content (AvgIpc) is 2.27. The number of methoxy groups -OCH3 is 1. The molecule has 0 aliphatic heterocycles. The number of nitrogens with one attached hydrogen (secondary N) is 2. The minimum atomic E-state index is -0.537. The van der Waals surface area contributed by atoms with E-state index in [1.807, 2.05) is 0 Å². The van der Waals surface area contributed by atoms with Crippen molar-refractivity contribution in [3.05, 3.63) is 34.4 Å². The topological polar surface area (TPSA) is 93.5 Å². The van der Waals surface area contributed by atoms with E-state index in [0.29, 0.717) is 0 Å². The minimum absolute atomic E-state index is 0.111. The second-order valence-electron chi connectivity index (χ2n) is 2.88. The Morgan fingerprint density at radius 2 is 2.19 bits per heavy atom.